The van der Waals surface area contributed by atoms with E-state index in [1.807, 2.05) is 12.2 Å². The summed E-state index contributed by atoms with van der Waals surface area (Å²) in [4.78, 5) is 48.4. The van der Waals surface area contributed by atoms with E-state index in [0.717, 1.165) is 96.3 Å². The first-order valence-corrected chi connectivity index (χ1v) is 29.3. The minimum Gasteiger partial charge on any atom is -0.462 e. The van der Waals surface area contributed by atoms with Gasteiger partial charge in [-0.3, -0.25) is 23.4 Å². The molecular formula is C60H99O11P. The van der Waals surface area contributed by atoms with Gasteiger partial charge in [-0.2, -0.15) is 0 Å². The molecule has 0 aromatic carbocycles. The van der Waals surface area contributed by atoms with Gasteiger partial charge in [0.1, 0.15) is 12.7 Å². The fourth-order valence-electron chi connectivity index (χ4n) is 7.04. The van der Waals surface area contributed by atoms with Crippen LogP contribution in [0.1, 0.15) is 213 Å². The third-order valence-electron chi connectivity index (χ3n) is 11.2. The SMILES string of the molecule is CC/C=C\C/C=C\C/C=C\C/C=C\C/C=C\C/C=C\CCC(=O)OCC(COP(=O)(O)OCC(CO)OC(=O)CCCCCCCCCCCCCCC)OC(=O)CCCCC/C=C\C/C=C\C/C=C\CC. The van der Waals surface area contributed by atoms with Crippen LogP contribution in [0, 0.1) is 0 Å². The second-order valence-electron chi connectivity index (χ2n) is 18.0. The Labute approximate surface area is 437 Å². The number of hydrogen-bond acceptors (Lipinski definition) is 10. The van der Waals surface area contributed by atoms with Crippen molar-refractivity contribution in [1.82, 2.24) is 0 Å². The summed E-state index contributed by atoms with van der Waals surface area (Å²) in [7, 11) is -4.77. The van der Waals surface area contributed by atoms with Crippen molar-refractivity contribution < 1.29 is 52.2 Å². The molecule has 0 saturated carbocycles. The Morgan fingerprint density at radius 3 is 1.17 bits per heavy atom. The number of carbonyl (C=O) groups is 3. The average molecular weight is 1030 g/mol. The van der Waals surface area contributed by atoms with Gasteiger partial charge in [-0.25, -0.2) is 4.57 Å². The summed E-state index contributed by atoms with van der Waals surface area (Å²) in [6.45, 7) is 4.28. The van der Waals surface area contributed by atoms with E-state index in [0.29, 0.717) is 19.3 Å². The monoisotopic (exact) mass is 1030 g/mol. The minimum atomic E-state index is -4.77. The van der Waals surface area contributed by atoms with E-state index in [2.05, 4.69) is 118 Å². The summed E-state index contributed by atoms with van der Waals surface area (Å²) in [6.07, 6.45) is 63.6. The Morgan fingerprint density at radius 2 is 0.750 bits per heavy atom. The van der Waals surface area contributed by atoms with Crippen LogP contribution in [0.4, 0.5) is 0 Å². The standard InChI is InChI=1S/C60H99O11P/c1-4-7-10-13-16-19-22-25-26-27-28-29-30-33-34-37-40-43-46-49-58(62)67-53-57(71-60(64)51-48-45-42-39-36-32-24-21-18-15-12-9-6-3)55-69-72(65,66)68-54-56(52-61)70-59(63)50-47-44-41-38-35-31-23-20-17-14-11-8-5-2/h7,9-10,12,16,18-19,21,25-26,28-29,32-34,36,40,43,56-57,61H,4-6,8,11,13-15,17,20,22-24,27,30-31,35,37-39,41-42,44-55H2,1-3H3,(H,65,66)/b10-7-,12-9-,19-16-,21-18-,26-25-,29-28-,34-33-,36-32-,43-40-. The first kappa shape index (κ1) is 68.1. The summed E-state index contributed by atoms with van der Waals surface area (Å²) < 4.78 is 39.3. The van der Waals surface area contributed by atoms with E-state index in [1.165, 1.54) is 57.8 Å². The molecule has 72 heavy (non-hydrogen) atoms. The smallest absolute Gasteiger partial charge is 0.462 e. The Kier molecular flexibility index (Phi) is 50.6. The molecule has 0 saturated heterocycles. The van der Waals surface area contributed by atoms with Crippen LogP contribution in [-0.4, -0.2) is 66.5 Å². The molecule has 0 spiro atoms. The predicted molar refractivity (Wildman–Crippen MR) is 297 cm³/mol. The van der Waals surface area contributed by atoms with Gasteiger partial charge in [0.15, 0.2) is 6.10 Å². The van der Waals surface area contributed by atoms with Gasteiger partial charge in [0.25, 0.3) is 0 Å². The number of esters is 3. The molecule has 410 valence electrons. The van der Waals surface area contributed by atoms with Gasteiger partial charge >= 0.3 is 25.7 Å². The van der Waals surface area contributed by atoms with Gasteiger partial charge in [0.05, 0.1) is 19.8 Å². The maximum absolute atomic E-state index is 12.9. The zero-order valence-corrected chi connectivity index (χ0v) is 46.0. The second kappa shape index (κ2) is 53.4. The van der Waals surface area contributed by atoms with Crippen LogP contribution in [0.5, 0.6) is 0 Å². The summed E-state index contributed by atoms with van der Waals surface area (Å²) in [5, 5.41) is 9.79. The first-order valence-electron chi connectivity index (χ1n) is 27.8. The van der Waals surface area contributed by atoms with E-state index in [-0.39, 0.29) is 19.3 Å². The van der Waals surface area contributed by atoms with Crippen LogP contribution in [0.3, 0.4) is 0 Å². The number of aliphatic hydroxyl groups excluding tert-OH is 1. The number of phosphoric acid groups is 1. The van der Waals surface area contributed by atoms with Crippen molar-refractivity contribution in [2.75, 3.05) is 26.4 Å². The number of carbonyl (C=O) groups excluding carboxylic acids is 3. The molecule has 11 nitrogen and oxygen atoms in total. The Morgan fingerprint density at radius 1 is 0.403 bits per heavy atom. The molecule has 3 unspecified atom stereocenters. The van der Waals surface area contributed by atoms with E-state index in [9.17, 15) is 28.9 Å². The number of rotatable bonds is 50. The number of phosphoric ester groups is 1. The van der Waals surface area contributed by atoms with Gasteiger partial charge in [0, 0.05) is 19.3 Å². The highest BCUT2D eigenvalue weighted by atomic mass is 31.2. The molecule has 0 amide bonds. The fraction of sp³-hybridized carbons (Fsp3) is 0.650. The molecule has 2 N–H and O–H groups in total. The maximum Gasteiger partial charge on any atom is 0.472 e. The van der Waals surface area contributed by atoms with E-state index in [4.69, 9.17) is 23.3 Å². The molecule has 0 aliphatic heterocycles. The van der Waals surface area contributed by atoms with E-state index in [1.54, 1.807) is 0 Å². The van der Waals surface area contributed by atoms with Gasteiger partial charge in [-0.15, -0.1) is 0 Å². The van der Waals surface area contributed by atoms with Crippen LogP contribution in [0.25, 0.3) is 0 Å². The highest BCUT2D eigenvalue weighted by molar-refractivity contribution is 7.47. The molecule has 0 aromatic heterocycles. The average Bonchev–Trinajstić information content (AvgIpc) is 3.37. The van der Waals surface area contributed by atoms with Crippen LogP contribution in [-0.2, 0) is 42.2 Å². The highest BCUT2D eigenvalue weighted by Gasteiger charge is 2.28. The lowest BCUT2D eigenvalue weighted by molar-refractivity contribution is -0.161. The quantitative estimate of drug-likeness (QED) is 0.0197. The summed E-state index contributed by atoms with van der Waals surface area (Å²) in [5.74, 6) is -1.61. The van der Waals surface area contributed by atoms with E-state index >= 15 is 0 Å². The molecule has 0 fully saturated rings. The summed E-state index contributed by atoms with van der Waals surface area (Å²) in [5.41, 5.74) is 0. The molecule has 12 heteroatoms. The molecule has 0 aliphatic carbocycles. The number of aliphatic hydroxyl groups is 1. The first-order chi connectivity index (χ1) is 35.2. The normalized spacial score (nSPS) is 14.2. The van der Waals surface area contributed by atoms with Crippen molar-refractivity contribution in [3.63, 3.8) is 0 Å². The number of unbranched alkanes of at least 4 members (excludes halogenated alkanes) is 15. The molecule has 0 radical (unpaired) electrons. The molecule has 0 heterocycles. The molecule has 0 aromatic rings. The van der Waals surface area contributed by atoms with Gasteiger partial charge in [-0.05, 0) is 89.9 Å². The molecule has 0 rings (SSSR count). The van der Waals surface area contributed by atoms with Crippen molar-refractivity contribution in [1.29, 1.82) is 0 Å². The highest BCUT2D eigenvalue weighted by Crippen LogP contribution is 2.43. The Hall–Kier alpha value is -3.86. The number of hydrogen-bond donors (Lipinski definition) is 2. The van der Waals surface area contributed by atoms with Crippen molar-refractivity contribution in [2.45, 2.75) is 226 Å². The minimum absolute atomic E-state index is 0.0902. The largest absolute Gasteiger partial charge is 0.472 e. The second-order valence-corrected chi connectivity index (χ2v) is 19.4. The van der Waals surface area contributed by atoms with Gasteiger partial charge in [-0.1, -0.05) is 214 Å². The maximum atomic E-state index is 12.9. The lowest BCUT2D eigenvalue weighted by Gasteiger charge is -2.21. The van der Waals surface area contributed by atoms with Gasteiger partial charge in [0.2, 0.25) is 0 Å². The Bertz CT molecular complexity index is 1620. The third kappa shape index (κ3) is 51.1. The fourth-order valence-corrected chi connectivity index (χ4v) is 7.83. The number of allylic oxidation sites excluding steroid dienone is 18. The molecular weight excluding hydrogens is 928 g/mol. The van der Waals surface area contributed by atoms with Crippen LogP contribution >= 0.6 is 7.82 Å². The molecule has 3 atom stereocenters. The van der Waals surface area contributed by atoms with Crippen LogP contribution < -0.4 is 0 Å². The van der Waals surface area contributed by atoms with Gasteiger partial charge < -0.3 is 24.2 Å². The lowest BCUT2D eigenvalue weighted by Crippen LogP contribution is -2.30. The van der Waals surface area contributed by atoms with Crippen molar-refractivity contribution in [3.05, 3.63) is 109 Å². The van der Waals surface area contributed by atoms with E-state index < -0.39 is 64.4 Å². The summed E-state index contributed by atoms with van der Waals surface area (Å²) in [6, 6.07) is 0. The van der Waals surface area contributed by atoms with Crippen molar-refractivity contribution >= 4 is 25.7 Å². The predicted octanol–water partition coefficient (Wildman–Crippen LogP) is 16.2. The number of ether oxygens (including phenoxy) is 3. The summed E-state index contributed by atoms with van der Waals surface area (Å²) >= 11 is 0. The molecule has 0 aliphatic rings. The van der Waals surface area contributed by atoms with Crippen LogP contribution in [0.2, 0.25) is 0 Å². The zero-order chi connectivity index (χ0) is 52.7. The lowest BCUT2D eigenvalue weighted by atomic mass is 10.0. The third-order valence-corrected chi connectivity index (χ3v) is 12.2. The molecule has 0 bridgehead atoms. The topological polar surface area (TPSA) is 155 Å². The zero-order valence-electron chi connectivity index (χ0n) is 45.1. The van der Waals surface area contributed by atoms with Crippen LogP contribution in [0.15, 0.2) is 109 Å². The van der Waals surface area contributed by atoms with Crippen molar-refractivity contribution in [2.24, 2.45) is 0 Å². The van der Waals surface area contributed by atoms with Crippen molar-refractivity contribution in [3.8, 4) is 0 Å². The Balaban J connectivity index is 4.86.